The lowest BCUT2D eigenvalue weighted by Gasteiger charge is -2.00. The first-order chi connectivity index (χ1) is 11.2. The maximum Gasteiger partial charge on any atom is 0.261 e. The molecule has 118 valence electrons. The Hall–Kier alpha value is -2.40. The van der Waals surface area contributed by atoms with Gasteiger partial charge in [-0.3, -0.25) is 4.79 Å². The molecule has 0 bridgehead atoms. The highest BCUT2D eigenvalue weighted by Crippen LogP contribution is 2.22. The minimum atomic E-state index is -0.0859. The van der Waals surface area contributed by atoms with Crippen molar-refractivity contribution in [3.05, 3.63) is 63.8 Å². The summed E-state index contributed by atoms with van der Waals surface area (Å²) in [6, 6.07) is 11.7. The number of carbonyl (C=O) groups excluding carboxylic acids is 1. The fourth-order valence-electron chi connectivity index (χ4n) is 2.35. The average molecular weight is 326 g/mol. The van der Waals surface area contributed by atoms with Crippen LogP contribution in [-0.2, 0) is 13.0 Å². The lowest BCUT2D eigenvalue weighted by Crippen LogP contribution is -2.21. The molecule has 3 aromatic rings. The van der Waals surface area contributed by atoms with Crippen LogP contribution in [0.3, 0.4) is 0 Å². The first-order valence-electron chi connectivity index (χ1n) is 7.55. The number of aromatic nitrogens is 1. The van der Waals surface area contributed by atoms with Gasteiger partial charge in [-0.25, -0.2) is 4.98 Å². The maximum absolute atomic E-state index is 12.2. The van der Waals surface area contributed by atoms with Crippen molar-refractivity contribution >= 4 is 17.2 Å². The number of nitrogens with one attached hydrogen (secondary N) is 1. The van der Waals surface area contributed by atoms with Crippen LogP contribution in [0.15, 0.2) is 47.0 Å². The van der Waals surface area contributed by atoms with Crippen molar-refractivity contribution in [3.8, 4) is 11.3 Å². The third kappa shape index (κ3) is 3.51. The number of thiophene rings is 1. The first kappa shape index (κ1) is 15.5. The van der Waals surface area contributed by atoms with Crippen LogP contribution in [0, 0.1) is 6.92 Å². The zero-order chi connectivity index (χ0) is 16.2. The Labute approximate surface area is 139 Å². The summed E-state index contributed by atoms with van der Waals surface area (Å²) >= 11 is 1.52. The van der Waals surface area contributed by atoms with Crippen LogP contribution in [0.25, 0.3) is 11.3 Å². The number of hydrogen-bond acceptors (Lipinski definition) is 4. The molecule has 0 aliphatic heterocycles. The summed E-state index contributed by atoms with van der Waals surface area (Å²) in [7, 11) is 0. The third-order valence-corrected chi connectivity index (χ3v) is 4.73. The van der Waals surface area contributed by atoms with Crippen molar-refractivity contribution in [2.75, 3.05) is 0 Å². The molecule has 0 atom stereocenters. The van der Waals surface area contributed by atoms with E-state index in [1.807, 2.05) is 43.3 Å². The molecule has 1 aromatic carbocycles. The van der Waals surface area contributed by atoms with Gasteiger partial charge < -0.3 is 9.73 Å². The summed E-state index contributed by atoms with van der Waals surface area (Å²) in [6.07, 6.45) is 2.62. The van der Waals surface area contributed by atoms with E-state index in [1.165, 1.54) is 21.8 Å². The molecule has 0 radical (unpaired) electrons. The topological polar surface area (TPSA) is 55.1 Å². The van der Waals surface area contributed by atoms with E-state index in [9.17, 15) is 4.79 Å². The molecule has 3 rings (SSSR count). The second-order valence-corrected chi connectivity index (χ2v) is 6.47. The largest absolute Gasteiger partial charge is 0.439 e. The Morgan fingerprint density at radius 3 is 2.78 bits per heavy atom. The highest BCUT2D eigenvalue weighted by molar-refractivity contribution is 7.14. The van der Waals surface area contributed by atoms with E-state index < -0.39 is 0 Å². The third-order valence-electron chi connectivity index (χ3n) is 3.64. The van der Waals surface area contributed by atoms with E-state index in [0.29, 0.717) is 11.7 Å². The quantitative estimate of drug-likeness (QED) is 0.764. The first-order valence-corrected chi connectivity index (χ1v) is 8.36. The molecule has 4 nitrogen and oxygen atoms in total. The number of carbonyl (C=O) groups is 1. The van der Waals surface area contributed by atoms with Gasteiger partial charge in [0.1, 0.15) is 0 Å². The van der Waals surface area contributed by atoms with Crippen molar-refractivity contribution in [3.63, 3.8) is 0 Å². The van der Waals surface area contributed by atoms with Crippen LogP contribution in [0.2, 0.25) is 0 Å². The summed E-state index contributed by atoms with van der Waals surface area (Å²) in [5.41, 5.74) is 2.20. The van der Waals surface area contributed by atoms with E-state index in [4.69, 9.17) is 4.42 Å². The van der Waals surface area contributed by atoms with Gasteiger partial charge in [0.2, 0.25) is 5.89 Å². The van der Waals surface area contributed by atoms with Crippen LogP contribution in [0.4, 0.5) is 0 Å². The molecular weight excluding hydrogens is 308 g/mol. The Bertz CT molecular complexity index is 806. The molecule has 2 aromatic heterocycles. The normalized spacial score (nSPS) is 10.7. The van der Waals surface area contributed by atoms with Crippen molar-refractivity contribution in [2.45, 2.75) is 26.8 Å². The molecule has 0 aliphatic carbocycles. The highest BCUT2D eigenvalue weighted by atomic mass is 32.1. The van der Waals surface area contributed by atoms with Crippen LogP contribution >= 0.6 is 11.3 Å². The van der Waals surface area contributed by atoms with E-state index in [1.54, 1.807) is 6.20 Å². The molecule has 0 spiro atoms. The van der Waals surface area contributed by atoms with Crippen LogP contribution in [0.5, 0.6) is 0 Å². The van der Waals surface area contributed by atoms with Crippen molar-refractivity contribution < 1.29 is 9.21 Å². The lowest BCUT2D eigenvalue weighted by atomic mass is 10.2. The van der Waals surface area contributed by atoms with Gasteiger partial charge in [0.25, 0.3) is 5.91 Å². The molecule has 1 N–H and O–H groups in total. The number of rotatable bonds is 5. The van der Waals surface area contributed by atoms with E-state index in [-0.39, 0.29) is 12.5 Å². The standard InChI is InChI=1S/C18H18N2O2S/c1-3-13-9-16(23-12(13)2)18(21)20-11-17-19-10-15(22-17)14-7-5-4-6-8-14/h4-10H,3,11H2,1-2H3,(H,20,21). The number of benzene rings is 1. The molecule has 0 aliphatic rings. The predicted molar refractivity (Wildman–Crippen MR) is 91.5 cm³/mol. The molecule has 23 heavy (non-hydrogen) atoms. The summed E-state index contributed by atoms with van der Waals surface area (Å²) in [6.45, 7) is 4.42. The molecule has 0 saturated carbocycles. The number of nitrogens with zero attached hydrogens (tertiary/aromatic N) is 1. The van der Waals surface area contributed by atoms with E-state index in [2.05, 4.69) is 17.2 Å². The Kier molecular flexibility index (Phi) is 4.57. The van der Waals surface area contributed by atoms with Crippen molar-refractivity contribution in [2.24, 2.45) is 0 Å². The van der Waals surface area contributed by atoms with E-state index >= 15 is 0 Å². The van der Waals surface area contributed by atoms with Gasteiger partial charge >= 0.3 is 0 Å². The molecule has 2 heterocycles. The van der Waals surface area contributed by atoms with Gasteiger partial charge in [-0.2, -0.15) is 0 Å². The van der Waals surface area contributed by atoms with Crippen LogP contribution < -0.4 is 5.32 Å². The molecule has 0 fully saturated rings. The van der Waals surface area contributed by atoms with Gasteiger partial charge in [-0.05, 0) is 25.0 Å². The fourth-order valence-corrected chi connectivity index (χ4v) is 3.38. The smallest absolute Gasteiger partial charge is 0.261 e. The number of amides is 1. The Morgan fingerprint density at radius 2 is 2.09 bits per heavy atom. The SMILES string of the molecule is CCc1cc(C(=O)NCc2ncc(-c3ccccc3)o2)sc1C. The second kappa shape index (κ2) is 6.79. The summed E-state index contributed by atoms with van der Waals surface area (Å²) in [4.78, 5) is 18.4. The van der Waals surface area contributed by atoms with Crippen molar-refractivity contribution in [1.82, 2.24) is 10.3 Å². The van der Waals surface area contributed by atoms with Crippen LogP contribution in [0.1, 0.15) is 32.9 Å². The van der Waals surface area contributed by atoms with Gasteiger partial charge in [0, 0.05) is 10.4 Å². The number of oxazole rings is 1. The summed E-state index contributed by atoms with van der Waals surface area (Å²) in [5.74, 6) is 1.12. The van der Waals surface area contributed by atoms with Gasteiger partial charge in [0.05, 0.1) is 17.6 Å². The molecular formula is C18H18N2O2S. The second-order valence-electron chi connectivity index (χ2n) is 5.21. The number of hydrogen-bond donors (Lipinski definition) is 1. The van der Waals surface area contributed by atoms with Gasteiger partial charge in [0.15, 0.2) is 5.76 Å². The monoisotopic (exact) mass is 326 g/mol. The summed E-state index contributed by atoms with van der Waals surface area (Å²) < 4.78 is 5.68. The average Bonchev–Trinajstić information content (AvgIpc) is 3.20. The maximum atomic E-state index is 12.2. The fraction of sp³-hybridized carbons (Fsp3) is 0.222. The van der Waals surface area contributed by atoms with Gasteiger partial charge in [-0.1, -0.05) is 37.3 Å². The summed E-state index contributed by atoms with van der Waals surface area (Å²) in [5, 5.41) is 2.86. The van der Waals surface area contributed by atoms with Gasteiger partial charge in [-0.15, -0.1) is 11.3 Å². The zero-order valence-electron chi connectivity index (χ0n) is 13.1. The Balaban J connectivity index is 1.64. The molecule has 0 unspecified atom stereocenters. The predicted octanol–water partition coefficient (Wildman–Crippen LogP) is 4.20. The number of aryl methyl sites for hydroxylation is 2. The minimum Gasteiger partial charge on any atom is -0.439 e. The van der Waals surface area contributed by atoms with Crippen LogP contribution in [-0.4, -0.2) is 10.9 Å². The van der Waals surface area contributed by atoms with E-state index in [0.717, 1.165) is 16.9 Å². The minimum absolute atomic E-state index is 0.0859. The zero-order valence-corrected chi connectivity index (χ0v) is 13.9. The molecule has 1 amide bonds. The highest BCUT2D eigenvalue weighted by Gasteiger charge is 2.13. The lowest BCUT2D eigenvalue weighted by molar-refractivity contribution is 0.0951. The molecule has 5 heteroatoms. The molecule has 0 saturated heterocycles. The Morgan fingerprint density at radius 1 is 1.30 bits per heavy atom. The van der Waals surface area contributed by atoms with Crippen molar-refractivity contribution in [1.29, 1.82) is 0 Å².